The van der Waals surface area contributed by atoms with Crippen molar-refractivity contribution < 1.29 is 4.42 Å². The number of nitrogens with zero attached hydrogens (tertiary/aromatic N) is 4. The van der Waals surface area contributed by atoms with E-state index in [0.717, 1.165) is 111 Å². The third-order valence-electron chi connectivity index (χ3n) is 16.8. The average molecular weight is 1030 g/mol. The fourth-order valence-electron chi connectivity index (χ4n) is 13.3. The van der Waals surface area contributed by atoms with Crippen LogP contribution < -0.4 is 9.80 Å². The summed E-state index contributed by atoms with van der Waals surface area (Å²) in [4.78, 5) is 4.90. The van der Waals surface area contributed by atoms with Crippen molar-refractivity contribution in [3.8, 4) is 11.4 Å². The zero-order valence-electron chi connectivity index (χ0n) is 43.9. The highest BCUT2D eigenvalue weighted by molar-refractivity contribution is 6.29. The number of rotatable bonds is 8. The second-order valence-corrected chi connectivity index (χ2v) is 21.2. The Balaban J connectivity index is 0.968. The maximum atomic E-state index is 7.71. The van der Waals surface area contributed by atoms with Crippen LogP contribution in [-0.2, 0) is 0 Å². The third-order valence-corrected chi connectivity index (χ3v) is 16.8. The van der Waals surface area contributed by atoms with Crippen molar-refractivity contribution in [2.45, 2.75) is 0 Å². The van der Waals surface area contributed by atoms with E-state index in [2.05, 4.69) is 310 Å². The number of hydrogen-bond acceptors (Lipinski definition) is 3. The Kier molecular flexibility index (Phi) is 9.94. The number of hydrogen-bond donors (Lipinski definition) is 0. The van der Waals surface area contributed by atoms with E-state index in [9.17, 15) is 0 Å². The minimum Gasteiger partial charge on any atom is -0.455 e. The van der Waals surface area contributed by atoms with E-state index in [1.165, 1.54) is 43.1 Å². The molecule has 0 saturated carbocycles. The van der Waals surface area contributed by atoms with Crippen LogP contribution in [0.25, 0.3) is 120 Å². The number of para-hydroxylation sites is 2. The SMILES string of the molecule is c1ccc(-n2c3ccc(N(c4cccc5ccccc45)c4cccc5ccccc45)cc3c3c4oc5c(ccc6c5c5cc(N(c7cccc8ccccc78)c7cccc8ccccc78)ccc5n6-c5ccccc5)c4ccc32)cc1. The maximum absolute atomic E-state index is 7.71. The van der Waals surface area contributed by atoms with Gasteiger partial charge in [-0.2, -0.15) is 0 Å². The molecule has 0 radical (unpaired) electrons. The van der Waals surface area contributed by atoms with E-state index < -0.39 is 0 Å². The highest BCUT2D eigenvalue weighted by Gasteiger charge is 2.26. The van der Waals surface area contributed by atoms with Gasteiger partial charge in [-0.05, 0) is 131 Å². The molecule has 14 aromatic carbocycles. The van der Waals surface area contributed by atoms with E-state index in [4.69, 9.17) is 4.42 Å². The Hall–Kier alpha value is -10.9. The first-order valence-electron chi connectivity index (χ1n) is 27.7. The van der Waals surface area contributed by atoms with Gasteiger partial charge in [0.15, 0.2) is 0 Å². The quantitative estimate of drug-likeness (QED) is 0.152. The summed E-state index contributed by atoms with van der Waals surface area (Å²) in [7, 11) is 0. The molecule has 0 atom stereocenters. The molecule has 0 amide bonds. The summed E-state index contributed by atoms with van der Waals surface area (Å²) in [5.74, 6) is 0. The molecular formula is C76H48N4O. The minimum atomic E-state index is 0.860. The van der Waals surface area contributed by atoms with Gasteiger partial charge in [0.25, 0.3) is 0 Å². The molecule has 0 unspecified atom stereocenters. The molecule has 0 aliphatic rings. The monoisotopic (exact) mass is 1030 g/mol. The lowest BCUT2D eigenvalue weighted by Crippen LogP contribution is -2.11. The van der Waals surface area contributed by atoms with Crippen molar-refractivity contribution in [2.24, 2.45) is 0 Å². The minimum absolute atomic E-state index is 0.860. The zero-order chi connectivity index (χ0) is 53.1. The molecule has 3 aromatic heterocycles. The number of benzene rings is 14. The molecule has 81 heavy (non-hydrogen) atoms. The van der Waals surface area contributed by atoms with Crippen LogP contribution in [0, 0.1) is 0 Å². The zero-order valence-corrected chi connectivity index (χ0v) is 43.9. The summed E-state index contributed by atoms with van der Waals surface area (Å²) < 4.78 is 12.5. The Morgan fingerprint density at radius 3 is 0.901 bits per heavy atom. The van der Waals surface area contributed by atoms with E-state index in [1.807, 2.05) is 0 Å². The standard InChI is InChI=1S/C76H48N4O/c1-3-27-53(28-4-1)77-69-43-39-55(79(65-35-15-23-49-19-7-11-31-57(49)65)66-36-16-24-50-20-8-12-32-58(50)66)47-63(69)73-71(77)45-41-61-62-42-46-72-74(76(62)81-75(61)73)64-48-56(40-44-70(64)78(72)54-29-5-2-6-30-54)80(67-37-17-25-51-21-9-13-33-59(51)67)68-38-18-26-52-22-10-14-34-60(52)68/h1-48H. The van der Waals surface area contributed by atoms with E-state index >= 15 is 0 Å². The lowest BCUT2D eigenvalue weighted by molar-refractivity contribution is 0.677. The highest BCUT2D eigenvalue weighted by atomic mass is 16.3. The topological polar surface area (TPSA) is 29.5 Å². The second-order valence-electron chi connectivity index (χ2n) is 21.2. The molecule has 0 aliphatic carbocycles. The molecular weight excluding hydrogens is 985 g/mol. The van der Waals surface area contributed by atoms with Crippen LogP contribution in [-0.4, -0.2) is 9.13 Å². The molecule has 0 aliphatic heterocycles. The second kappa shape index (κ2) is 17.8. The lowest BCUT2D eigenvalue weighted by atomic mass is 10.0. The average Bonchev–Trinajstić information content (AvgIpc) is 3.66. The van der Waals surface area contributed by atoms with E-state index in [-0.39, 0.29) is 0 Å². The Morgan fingerprint density at radius 1 is 0.235 bits per heavy atom. The van der Waals surface area contributed by atoms with Crippen molar-refractivity contribution in [3.05, 3.63) is 291 Å². The van der Waals surface area contributed by atoms with Crippen LogP contribution in [0.1, 0.15) is 0 Å². The first-order chi connectivity index (χ1) is 40.2. The van der Waals surface area contributed by atoms with Gasteiger partial charge in [-0.3, -0.25) is 0 Å². The van der Waals surface area contributed by atoms with E-state index in [0.29, 0.717) is 0 Å². The first-order valence-corrected chi connectivity index (χ1v) is 27.7. The van der Waals surface area contributed by atoms with Gasteiger partial charge in [0.05, 0.1) is 55.6 Å². The predicted molar refractivity (Wildman–Crippen MR) is 342 cm³/mol. The van der Waals surface area contributed by atoms with Gasteiger partial charge in [0, 0.05) is 65.8 Å². The van der Waals surface area contributed by atoms with Crippen LogP contribution in [0.3, 0.4) is 0 Å². The lowest BCUT2D eigenvalue weighted by Gasteiger charge is -2.28. The largest absolute Gasteiger partial charge is 0.455 e. The summed E-state index contributed by atoms with van der Waals surface area (Å²) >= 11 is 0. The molecule has 0 bridgehead atoms. The summed E-state index contributed by atoms with van der Waals surface area (Å²) in [6.07, 6.45) is 0. The van der Waals surface area contributed by atoms with Crippen LogP contribution in [0.5, 0.6) is 0 Å². The normalized spacial score (nSPS) is 12.0. The van der Waals surface area contributed by atoms with Crippen LogP contribution in [0.2, 0.25) is 0 Å². The van der Waals surface area contributed by atoms with Gasteiger partial charge in [0.2, 0.25) is 0 Å². The van der Waals surface area contributed by atoms with Crippen molar-refractivity contribution in [1.82, 2.24) is 9.13 Å². The van der Waals surface area contributed by atoms with Crippen LogP contribution in [0.4, 0.5) is 34.1 Å². The number of furan rings is 1. The fraction of sp³-hybridized carbons (Fsp3) is 0. The molecule has 17 rings (SSSR count). The summed E-state index contributed by atoms with van der Waals surface area (Å²) in [6, 6.07) is 106. The van der Waals surface area contributed by atoms with Crippen LogP contribution in [0.15, 0.2) is 296 Å². The van der Waals surface area contributed by atoms with Crippen molar-refractivity contribution in [1.29, 1.82) is 0 Å². The fourth-order valence-corrected chi connectivity index (χ4v) is 13.3. The molecule has 0 fully saturated rings. The number of anilines is 6. The number of aromatic nitrogens is 2. The molecule has 5 nitrogen and oxygen atoms in total. The summed E-state index contributed by atoms with van der Waals surface area (Å²) in [5.41, 5.74) is 14.8. The van der Waals surface area contributed by atoms with Gasteiger partial charge in [-0.15, -0.1) is 0 Å². The summed E-state index contributed by atoms with van der Waals surface area (Å²) in [6.45, 7) is 0. The predicted octanol–water partition coefficient (Wildman–Crippen LogP) is 21.3. The first kappa shape index (κ1) is 45.2. The summed E-state index contributed by atoms with van der Waals surface area (Å²) in [5, 5.41) is 16.0. The molecule has 0 spiro atoms. The molecule has 378 valence electrons. The van der Waals surface area contributed by atoms with Crippen molar-refractivity contribution >= 4 is 143 Å². The van der Waals surface area contributed by atoms with Crippen LogP contribution >= 0.6 is 0 Å². The molecule has 5 heteroatoms. The third kappa shape index (κ3) is 6.86. The maximum Gasteiger partial charge on any atom is 0.145 e. The number of fused-ring (bicyclic) bond motifs is 15. The molecule has 0 saturated heterocycles. The molecule has 17 aromatic rings. The van der Waals surface area contributed by atoms with Crippen molar-refractivity contribution in [3.63, 3.8) is 0 Å². The molecule has 3 heterocycles. The Morgan fingerprint density at radius 2 is 0.543 bits per heavy atom. The van der Waals surface area contributed by atoms with E-state index in [1.54, 1.807) is 0 Å². The Bertz CT molecular complexity index is 4870. The van der Waals surface area contributed by atoms with Crippen molar-refractivity contribution in [2.75, 3.05) is 9.80 Å². The van der Waals surface area contributed by atoms with Gasteiger partial charge < -0.3 is 23.4 Å². The van der Waals surface area contributed by atoms with Gasteiger partial charge in [-0.1, -0.05) is 182 Å². The van der Waals surface area contributed by atoms with Gasteiger partial charge >= 0.3 is 0 Å². The molecule has 0 N–H and O–H groups in total. The van der Waals surface area contributed by atoms with Gasteiger partial charge in [-0.25, -0.2) is 0 Å². The highest BCUT2D eigenvalue weighted by Crippen LogP contribution is 2.50. The van der Waals surface area contributed by atoms with Gasteiger partial charge in [0.1, 0.15) is 11.2 Å². The Labute approximate surface area is 466 Å². The smallest absolute Gasteiger partial charge is 0.145 e.